The van der Waals surface area contributed by atoms with Crippen molar-refractivity contribution in [3.8, 4) is 11.3 Å². The Kier molecular flexibility index (Phi) is 6.25. The fourth-order valence-electron chi connectivity index (χ4n) is 4.73. The van der Waals surface area contributed by atoms with Crippen molar-refractivity contribution in [3.05, 3.63) is 52.9 Å². The minimum Gasteiger partial charge on any atom is -0.352 e. The Hall–Kier alpha value is -2.64. The molecule has 0 amide bonds. The van der Waals surface area contributed by atoms with Crippen LogP contribution in [0.4, 0.5) is 17.6 Å². The molecule has 3 aromatic heterocycles. The Labute approximate surface area is 204 Å². The summed E-state index contributed by atoms with van der Waals surface area (Å²) in [4.78, 5) is 25.6. The van der Waals surface area contributed by atoms with Crippen molar-refractivity contribution in [2.75, 3.05) is 40.9 Å². The lowest BCUT2D eigenvalue weighted by atomic mass is 10.1. The van der Waals surface area contributed by atoms with Gasteiger partial charge in [0.25, 0.3) is 0 Å². The number of rotatable bonds is 4. The van der Waals surface area contributed by atoms with Crippen LogP contribution in [0, 0.1) is 0 Å². The fourth-order valence-corrected chi connectivity index (χ4v) is 5.14. The third-order valence-corrected chi connectivity index (χ3v) is 6.97. The van der Waals surface area contributed by atoms with Crippen LogP contribution in [0.2, 0.25) is 10.0 Å². The summed E-state index contributed by atoms with van der Waals surface area (Å²) in [6.07, 6.45) is 7.54. The third kappa shape index (κ3) is 4.57. The maximum Gasteiger partial charge on any atom is 0.228 e. The molecule has 2 atom stereocenters. The second-order valence-corrected chi connectivity index (χ2v) is 9.63. The number of piperazine rings is 1. The van der Waals surface area contributed by atoms with Crippen LogP contribution >= 0.6 is 23.2 Å². The molecule has 0 aliphatic carbocycles. The predicted molar refractivity (Wildman–Crippen MR) is 135 cm³/mol. The van der Waals surface area contributed by atoms with Gasteiger partial charge in [0, 0.05) is 68.5 Å². The molecular formula is C24H27Cl2N7. The van der Waals surface area contributed by atoms with E-state index >= 15 is 0 Å². The van der Waals surface area contributed by atoms with Crippen LogP contribution in [-0.4, -0.2) is 58.2 Å². The van der Waals surface area contributed by atoms with Gasteiger partial charge in [0.1, 0.15) is 11.6 Å². The molecule has 5 rings (SSSR count). The molecule has 2 fully saturated rings. The van der Waals surface area contributed by atoms with E-state index in [0.717, 1.165) is 67.9 Å². The molecule has 0 aromatic carbocycles. The number of pyridine rings is 2. The maximum atomic E-state index is 6.41. The van der Waals surface area contributed by atoms with Gasteiger partial charge < -0.3 is 14.7 Å². The summed E-state index contributed by atoms with van der Waals surface area (Å²) in [5.74, 6) is 2.54. The highest BCUT2D eigenvalue weighted by molar-refractivity contribution is 6.33. The van der Waals surface area contributed by atoms with Crippen LogP contribution in [0.1, 0.15) is 26.7 Å². The minimum absolute atomic E-state index is 0.223. The van der Waals surface area contributed by atoms with Gasteiger partial charge in [-0.3, -0.25) is 4.98 Å². The van der Waals surface area contributed by atoms with Gasteiger partial charge in [-0.25, -0.2) is 9.97 Å². The van der Waals surface area contributed by atoms with Crippen LogP contribution in [0.15, 0.2) is 42.9 Å². The number of hydrogen-bond donors (Lipinski definition) is 0. The molecule has 2 aliphatic heterocycles. The molecule has 1 unspecified atom stereocenters. The molecule has 2 saturated heterocycles. The summed E-state index contributed by atoms with van der Waals surface area (Å²) in [5, 5.41) is 1.28. The standard InChI is InChI=1S/C24H27Cl2N7/c1-16-5-4-8-33(16)24-29-21(18-11-19(25)14-27-13-18)12-22(30-24)32-10-9-31(15-17(32)2)23-20(26)6-3-7-28-23/h3,6-7,11-14,16-17H,4-5,8-10,15H2,1-2H3/t16?,17-/m1/s1. The fraction of sp³-hybridized carbons (Fsp3) is 0.417. The lowest BCUT2D eigenvalue weighted by Crippen LogP contribution is -2.52. The van der Waals surface area contributed by atoms with Gasteiger partial charge in [-0.05, 0) is 44.9 Å². The van der Waals surface area contributed by atoms with E-state index in [9.17, 15) is 0 Å². The molecule has 3 aromatic rings. The summed E-state index contributed by atoms with van der Waals surface area (Å²) in [6, 6.07) is 8.35. The number of aromatic nitrogens is 4. The van der Waals surface area contributed by atoms with Crippen LogP contribution in [0.5, 0.6) is 0 Å². The summed E-state index contributed by atoms with van der Waals surface area (Å²) in [6.45, 7) is 7.86. The van der Waals surface area contributed by atoms with E-state index in [1.807, 2.05) is 18.2 Å². The zero-order chi connectivity index (χ0) is 22.9. The SMILES string of the molecule is CC1CCCN1c1nc(-c2cncc(Cl)c2)cc(N2CCN(c3ncccc3Cl)C[C@H]2C)n1. The average molecular weight is 484 g/mol. The first kappa shape index (κ1) is 22.2. The van der Waals surface area contributed by atoms with Gasteiger partial charge in [0.15, 0.2) is 0 Å². The number of halogens is 2. The molecule has 7 nitrogen and oxygen atoms in total. The first-order chi connectivity index (χ1) is 16.0. The summed E-state index contributed by atoms with van der Waals surface area (Å²) in [7, 11) is 0. The van der Waals surface area contributed by atoms with E-state index in [1.54, 1.807) is 18.6 Å². The molecule has 0 N–H and O–H groups in total. The van der Waals surface area contributed by atoms with E-state index in [1.165, 1.54) is 0 Å². The van der Waals surface area contributed by atoms with Gasteiger partial charge in [0.2, 0.25) is 5.95 Å². The molecule has 0 radical (unpaired) electrons. The van der Waals surface area contributed by atoms with Crippen LogP contribution in [0.25, 0.3) is 11.3 Å². The number of nitrogens with zero attached hydrogens (tertiary/aromatic N) is 7. The number of hydrogen-bond acceptors (Lipinski definition) is 7. The second kappa shape index (κ2) is 9.31. The molecule has 5 heterocycles. The van der Waals surface area contributed by atoms with E-state index in [4.69, 9.17) is 33.2 Å². The average Bonchev–Trinajstić information content (AvgIpc) is 3.25. The third-order valence-electron chi connectivity index (χ3n) is 6.47. The van der Waals surface area contributed by atoms with E-state index in [-0.39, 0.29) is 6.04 Å². The first-order valence-corrected chi connectivity index (χ1v) is 12.1. The topological polar surface area (TPSA) is 61.3 Å². The van der Waals surface area contributed by atoms with Gasteiger partial charge in [-0.2, -0.15) is 4.98 Å². The van der Waals surface area contributed by atoms with Crippen molar-refractivity contribution in [1.82, 2.24) is 19.9 Å². The van der Waals surface area contributed by atoms with E-state index in [0.29, 0.717) is 16.1 Å². The van der Waals surface area contributed by atoms with Crippen LogP contribution < -0.4 is 14.7 Å². The summed E-state index contributed by atoms with van der Waals surface area (Å²) < 4.78 is 0. The Balaban J connectivity index is 1.48. The van der Waals surface area contributed by atoms with Crippen molar-refractivity contribution >= 4 is 40.8 Å². The zero-order valence-electron chi connectivity index (χ0n) is 18.8. The molecule has 172 valence electrons. The Morgan fingerprint density at radius 3 is 2.58 bits per heavy atom. The van der Waals surface area contributed by atoms with Gasteiger partial charge >= 0.3 is 0 Å². The monoisotopic (exact) mass is 483 g/mol. The summed E-state index contributed by atoms with van der Waals surface area (Å²) in [5.41, 5.74) is 1.73. The highest BCUT2D eigenvalue weighted by Crippen LogP contribution is 2.32. The first-order valence-electron chi connectivity index (χ1n) is 11.4. The van der Waals surface area contributed by atoms with Crippen LogP contribution in [0.3, 0.4) is 0 Å². The van der Waals surface area contributed by atoms with E-state index < -0.39 is 0 Å². The van der Waals surface area contributed by atoms with Crippen molar-refractivity contribution in [1.29, 1.82) is 0 Å². The lowest BCUT2D eigenvalue weighted by molar-refractivity contribution is 0.542. The Bertz CT molecular complexity index is 1140. The zero-order valence-corrected chi connectivity index (χ0v) is 20.3. The summed E-state index contributed by atoms with van der Waals surface area (Å²) >= 11 is 12.6. The largest absolute Gasteiger partial charge is 0.352 e. The smallest absolute Gasteiger partial charge is 0.228 e. The quantitative estimate of drug-likeness (QED) is 0.520. The van der Waals surface area contributed by atoms with Crippen molar-refractivity contribution in [2.24, 2.45) is 0 Å². The molecule has 0 spiro atoms. The predicted octanol–water partition coefficient (Wildman–Crippen LogP) is 4.94. The molecular weight excluding hydrogens is 457 g/mol. The van der Waals surface area contributed by atoms with Crippen molar-refractivity contribution in [3.63, 3.8) is 0 Å². The van der Waals surface area contributed by atoms with Gasteiger partial charge in [0.05, 0.1) is 15.7 Å². The minimum atomic E-state index is 0.223. The highest BCUT2D eigenvalue weighted by Gasteiger charge is 2.29. The van der Waals surface area contributed by atoms with Gasteiger partial charge in [-0.1, -0.05) is 23.2 Å². The maximum absolute atomic E-state index is 6.41. The normalized spacial score (nSPS) is 21.0. The molecule has 0 bridgehead atoms. The highest BCUT2D eigenvalue weighted by atomic mass is 35.5. The van der Waals surface area contributed by atoms with Crippen molar-refractivity contribution < 1.29 is 0 Å². The van der Waals surface area contributed by atoms with Crippen molar-refractivity contribution in [2.45, 2.75) is 38.8 Å². The lowest BCUT2D eigenvalue weighted by Gasteiger charge is -2.41. The van der Waals surface area contributed by atoms with E-state index in [2.05, 4.69) is 44.6 Å². The second-order valence-electron chi connectivity index (χ2n) is 8.79. The molecule has 9 heteroatoms. The number of anilines is 3. The molecule has 2 aliphatic rings. The Morgan fingerprint density at radius 1 is 0.970 bits per heavy atom. The molecule has 33 heavy (non-hydrogen) atoms. The van der Waals surface area contributed by atoms with Gasteiger partial charge in [-0.15, -0.1) is 0 Å². The Morgan fingerprint density at radius 2 is 1.85 bits per heavy atom. The molecule has 0 saturated carbocycles. The van der Waals surface area contributed by atoms with Crippen LogP contribution in [-0.2, 0) is 0 Å².